The molecule has 0 heterocycles. The monoisotopic (exact) mass is 585 g/mol. The Bertz CT molecular complexity index is 1230. The van der Waals surface area contributed by atoms with Crippen LogP contribution in [0.25, 0.3) is 0 Å². The van der Waals surface area contributed by atoms with Gasteiger partial charge in [0.25, 0.3) is 0 Å². The molecule has 2 unspecified atom stereocenters. The van der Waals surface area contributed by atoms with Crippen molar-refractivity contribution in [1.82, 2.24) is 14.7 Å². The highest BCUT2D eigenvalue weighted by Crippen LogP contribution is 2.52. The smallest absolute Gasteiger partial charge is 0.438 e. The van der Waals surface area contributed by atoms with Gasteiger partial charge in [-0.2, -0.15) is 4.72 Å². The third kappa shape index (κ3) is 9.63. The maximum absolute atomic E-state index is 13.5. The van der Waals surface area contributed by atoms with E-state index in [9.17, 15) is 22.6 Å². The fourth-order valence-corrected chi connectivity index (χ4v) is 6.28. The number of hydrogen-bond donors (Lipinski definition) is 2. The molecule has 0 fully saturated rings. The number of benzene rings is 2. The maximum Gasteiger partial charge on any atom is 0.438 e. The van der Waals surface area contributed by atoms with E-state index in [-0.39, 0.29) is 24.5 Å². The van der Waals surface area contributed by atoms with Gasteiger partial charge in [-0.3, -0.25) is 13.8 Å². The van der Waals surface area contributed by atoms with Crippen molar-refractivity contribution in [3.8, 4) is 11.5 Å². The van der Waals surface area contributed by atoms with Gasteiger partial charge in [0.1, 0.15) is 23.3 Å². The number of nitrogens with zero attached hydrogens (tertiary/aromatic N) is 1. The van der Waals surface area contributed by atoms with Crippen LogP contribution in [-0.2, 0) is 33.2 Å². The number of hydrogen-bond acceptors (Lipinski definition) is 9. The number of nitrogens with one attached hydrogen (secondary N) is 2. The van der Waals surface area contributed by atoms with Gasteiger partial charge in [0.15, 0.2) is 0 Å². The zero-order chi connectivity index (χ0) is 29.3. The van der Waals surface area contributed by atoms with Crippen molar-refractivity contribution in [3.63, 3.8) is 0 Å². The van der Waals surface area contributed by atoms with E-state index in [1.807, 2.05) is 6.07 Å². The number of ether oxygens (including phenoxy) is 2. The summed E-state index contributed by atoms with van der Waals surface area (Å²) in [6.45, 7) is 9.24. The van der Waals surface area contributed by atoms with Gasteiger partial charge in [-0.25, -0.2) is 22.4 Å². The van der Waals surface area contributed by atoms with Crippen LogP contribution in [0.3, 0.4) is 0 Å². The van der Waals surface area contributed by atoms with E-state index < -0.39 is 41.7 Å². The molecule has 216 valence electrons. The van der Waals surface area contributed by atoms with Gasteiger partial charge in [-0.15, -0.1) is 0 Å². The van der Waals surface area contributed by atoms with Crippen LogP contribution in [0.4, 0.5) is 4.79 Å². The predicted octanol–water partition coefficient (Wildman–Crippen LogP) is 4.64. The summed E-state index contributed by atoms with van der Waals surface area (Å²) in [7, 11) is -8.66. The molecule has 0 aromatic heterocycles. The highest BCUT2D eigenvalue weighted by Gasteiger charge is 2.42. The minimum atomic E-state index is -4.34. The van der Waals surface area contributed by atoms with Crippen molar-refractivity contribution in [3.05, 3.63) is 54.6 Å². The third-order valence-corrected chi connectivity index (χ3v) is 8.39. The summed E-state index contributed by atoms with van der Waals surface area (Å²) < 4.78 is 64.7. The molecular formula is C25H36N3O9PS. The number of carbonyl (C=O) groups is 2. The van der Waals surface area contributed by atoms with Gasteiger partial charge in [0.2, 0.25) is 16.4 Å². The van der Waals surface area contributed by atoms with E-state index in [1.165, 1.54) is 45.0 Å². The second-order valence-electron chi connectivity index (χ2n) is 9.18. The average molecular weight is 586 g/mol. The molecule has 0 saturated carbocycles. The zero-order valence-corrected chi connectivity index (χ0v) is 24.5. The summed E-state index contributed by atoms with van der Waals surface area (Å²) in [5.74, 6) is 0.959. The Hall–Kier alpha value is -2.96. The molecule has 0 spiro atoms. The Labute approximate surface area is 229 Å². The summed E-state index contributed by atoms with van der Waals surface area (Å²) in [4.78, 5) is 24.5. The van der Waals surface area contributed by atoms with Crippen molar-refractivity contribution < 1.29 is 41.1 Å². The minimum absolute atomic E-state index is 0.0994. The molecule has 39 heavy (non-hydrogen) atoms. The van der Waals surface area contributed by atoms with Gasteiger partial charge in [-0.1, -0.05) is 18.2 Å². The Morgan fingerprint density at radius 2 is 1.54 bits per heavy atom. The van der Waals surface area contributed by atoms with E-state index in [1.54, 1.807) is 45.0 Å². The van der Waals surface area contributed by atoms with Gasteiger partial charge in [0.05, 0.1) is 24.2 Å². The fraction of sp³-hybridized carbons (Fsp3) is 0.440. The molecule has 0 saturated heterocycles. The second kappa shape index (κ2) is 13.9. The number of carbonyl (C=O) groups excluding carboxylic acids is 2. The quantitative estimate of drug-likeness (QED) is 0.184. The lowest BCUT2D eigenvalue weighted by atomic mass is 10.2. The van der Waals surface area contributed by atoms with Gasteiger partial charge in [-0.05, 0) is 77.9 Å². The number of alkyl carbamates (subject to hydrolysis) is 1. The van der Waals surface area contributed by atoms with Crippen LogP contribution in [0.15, 0.2) is 59.5 Å². The number of rotatable bonds is 14. The van der Waals surface area contributed by atoms with E-state index in [0.29, 0.717) is 16.2 Å². The molecule has 0 radical (unpaired) electrons. The Kier molecular flexibility index (Phi) is 11.5. The van der Waals surface area contributed by atoms with Crippen LogP contribution in [0, 0.1) is 0 Å². The minimum Gasteiger partial charge on any atom is -0.457 e. The lowest BCUT2D eigenvalue weighted by molar-refractivity contribution is -0.117. The molecule has 12 nitrogen and oxygen atoms in total. The average Bonchev–Trinajstić information content (AvgIpc) is 2.84. The predicted molar refractivity (Wildman–Crippen MR) is 145 cm³/mol. The van der Waals surface area contributed by atoms with Crippen LogP contribution in [0.5, 0.6) is 11.5 Å². The fourth-order valence-electron chi connectivity index (χ4n) is 3.27. The van der Waals surface area contributed by atoms with E-state index in [0.717, 1.165) is 0 Å². The third-order valence-electron chi connectivity index (χ3n) is 4.87. The highest BCUT2D eigenvalue weighted by molar-refractivity contribution is 7.89. The largest absolute Gasteiger partial charge is 0.457 e. The van der Waals surface area contributed by atoms with E-state index in [4.69, 9.17) is 18.5 Å². The molecule has 0 aliphatic rings. The maximum atomic E-state index is 13.5. The molecule has 2 aromatic carbocycles. The van der Waals surface area contributed by atoms with Crippen LogP contribution < -0.4 is 14.8 Å². The summed E-state index contributed by atoms with van der Waals surface area (Å²) in [5.41, 5.74) is -0.849. The normalized spacial score (nSPS) is 13.7. The lowest BCUT2D eigenvalue weighted by Crippen LogP contribution is -2.58. The number of sulfonamides is 1. The first-order valence-corrected chi connectivity index (χ1v) is 15.2. The van der Waals surface area contributed by atoms with Crippen molar-refractivity contribution in [2.75, 3.05) is 13.2 Å². The topological polar surface area (TPSA) is 150 Å². The molecular weight excluding hydrogens is 549 g/mol. The van der Waals surface area contributed by atoms with Crippen LogP contribution in [-0.4, -0.2) is 56.6 Å². The molecule has 2 rings (SSSR count). The Morgan fingerprint density at radius 3 is 2.03 bits per heavy atom. The van der Waals surface area contributed by atoms with Crippen molar-refractivity contribution in [2.45, 2.75) is 64.2 Å². The summed E-state index contributed by atoms with van der Waals surface area (Å²) in [6.07, 6.45) is -2.33. The van der Waals surface area contributed by atoms with E-state index in [2.05, 4.69) is 10.0 Å². The molecule has 0 aliphatic heterocycles. The molecule has 14 heteroatoms. The lowest BCUT2D eigenvalue weighted by Gasteiger charge is -2.36. The summed E-state index contributed by atoms with van der Waals surface area (Å²) in [5, 5.41) is 2.48. The standard InChI is InChI=1S/C25H36N3O9PS/c1-7-34-38(31,35-8-2)28(18-29)23(19(3)26-24(30)37-25(4,5)6)27-39(32,33)22-16-14-21(15-17-22)36-20-12-10-9-11-13-20/h9-19,23,27H,7-8H2,1-6H3,(H,26,30). The number of amides is 2. The Morgan fingerprint density at radius 1 is 1.00 bits per heavy atom. The van der Waals surface area contributed by atoms with Gasteiger partial charge in [0, 0.05) is 0 Å². The van der Waals surface area contributed by atoms with Crippen molar-refractivity contribution >= 4 is 30.3 Å². The molecule has 2 aromatic rings. The second-order valence-corrected chi connectivity index (χ2v) is 12.8. The van der Waals surface area contributed by atoms with Crippen LogP contribution in [0.1, 0.15) is 41.5 Å². The molecule has 0 aliphatic carbocycles. The van der Waals surface area contributed by atoms with Gasteiger partial charge < -0.3 is 14.8 Å². The number of para-hydroxylation sites is 1. The van der Waals surface area contributed by atoms with Crippen molar-refractivity contribution in [1.29, 1.82) is 0 Å². The molecule has 2 amide bonds. The first-order chi connectivity index (χ1) is 18.2. The first-order valence-electron chi connectivity index (χ1n) is 12.2. The van der Waals surface area contributed by atoms with Crippen LogP contribution >= 0.6 is 7.75 Å². The molecule has 0 bridgehead atoms. The Balaban J connectivity index is 2.40. The van der Waals surface area contributed by atoms with Gasteiger partial charge >= 0.3 is 13.8 Å². The zero-order valence-electron chi connectivity index (χ0n) is 22.8. The molecule has 2 atom stereocenters. The van der Waals surface area contributed by atoms with Crippen LogP contribution in [0.2, 0.25) is 0 Å². The summed E-state index contributed by atoms with van der Waals surface area (Å²) in [6, 6.07) is 13.3. The SMILES string of the molecule is CCOP(=O)(OCC)N(C=O)C(NS(=O)(=O)c1ccc(Oc2ccccc2)cc1)C(C)NC(=O)OC(C)(C)C. The highest BCUT2D eigenvalue weighted by atomic mass is 32.2. The molecule has 2 N–H and O–H groups in total. The van der Waals surface area contributed by atoms with Crippen molar-refractivity contribution in [2.24, 2.45) is 0 Å². The summed E-state index contributed by atoms with van der Waals surface area (Å²) >= 11 is 0. The van der Waals surface area contributed by atoms with E-state index >= 15 is 0 Å². The first kappa shape index (κ1) is 32.3.